The Morgan fingerprint density at radius 3 is 2.43 bits per heavy atom. The topological polar surface area (TPSA) is 82.6 Å². The molecule has 1 aromatic heterocycles. The molecule has 1 rings (SSSR count). The fraction of sp³-hybridized carbons (Fsp3) is 0.375. The molecule has 6 nitrogen and oxygen atoms in total. The van der Waals surface area contributed by atoms with Gasteiger partial charge >= 0.3 is 11.7 Å². The first-order chi connectivity index (χ1) is 6.49. The molecule has 0 aliphatic heterocycles. The second-order valence-electron chi connectivity index (χ2n) is 2.69. The monoisotopic (exact) mass is 199 g/mol. The van der Waals surface area contributed by atoms with Gasteiger partial charge in [-0.25, -0.2) is 4.79 Å². The highest BCUT2D eigenvalue weighted by Crippen LogP contribution is 2.29. The molecule has 1 aromatic rings. The zero-order valence-electron chi connectivity index (χ0n) is 7.99. The smallest absolute Gasteiger partial charge is 0.348 e. The van der Waals surface area contributed by atoms with E-state index in [-0.39, 0.29) is 22.8 Å². The third-order valence-electron chi connectivity index (χ3n) is 1.80. The van der Waals surface area contributed by atoms with Gasteiger partial charge in [-0.15, -0.1) is 0 Å². The first-order valence-electron chi connectivity index (χ1n) is 3.81. The highest BCUT2D eigenvalue weighted by molar-refractivity contribution is 5.95. The summed E-state index contributed by atoms with van der Waals surface area (Å²) in [5, 5.41) is 10.6. The fourth-order valence-corrected chi connectivity index (χ4v) is 1.23. The van der Waals surface area contributed by atoms with E-state index in [0.29, 0.717) is 0 Å². The van der Waals surface area contributed by atoms with Gasteiger partial charge in [-0.1, -0.05) is 0 Å². The molecule has 76 valence electrons. The van der Waals surface area contributed by atoms with Crippen LogP contribution in [0.1, 0.15) is 21.9 Å². The summed E-state index contributed by atoms with van der Waals surface area (Å²) < 4.78 is 9.41. The third kappa shape index (κ3) is 1.46. The Balaban J connectivity index is 3.39. The summed E-state index contributed by atoms with van der Waals surface area (Å²) in [7, 11) is 1.16. The van der Waals surface area contributed by atoms with Crippen LogP contribution in [0.4, 0.5) is 5.69 Å². The number of methoxy groups -OCH3 is 1. The maximum absolute atomic E-state index is 11.2. The predicted octanol–water partition coefficient (Wildman–Crippen LogP) is 1.59. The number of nitro groups is 1. The van der Waals surface area contributed by atoms with Crippen LogP contribution in [0, 0.1) is 24.0 Å². The molecule has 0 bridgehead atoms. The molecule has 0 atom stereocenters. The molecule has 0 radical (unpaired) electrons. The Hall–Kier alpha value is -1.85. The number of hydrogen-bond donors (Lipinski definition) is 0. The molecule has 6 heteroatoms. The summed E-state index contributed by atoms with van der Waals surface area (Å²) in [5.74, 6) is -0.458. The second-order valence-corrected chi connectivity index (χ2v) is 2.69. The number of carbonyl (C=O) groups is 1. The van der Waals surface area contributed by atoms with Gasteiger partial charge in [0, 0.05) is 6.92 Å². The first-order valence-corrected chi connectivity index (χ1v) is 3.81. The Morgan fingerprint density at radius 1 is 1.43 bits per heavy atom. The van der Waals surface area contributed by atoms with Crippen molar-refractivity contribution in [1.29, 1.82) is 0 Å². The van der Waals surface area contributed by atoms with Crippen LogP contribution < -0.4 is 0 Å². The summed E-state index contributed by atoms with van der Waals surface area (Å²) in [5.41, 5.74) is -0.440. The van der Waals surface area contributed by atoms with Crippen LogP contribution in [0.5, 0.6) is 0 Å². The SMILES string of the molecule is COC(=O)c1c(C)oc(C)c1[N+](=O)[O-]. The molecule has 0 saturated carbocycles. The number of rotatable bonds is 2. The van der Waals surface area contributed by atoms with Crippen LogP contribution in [-0.2, 0) is 4.74 Å². The number of hydrogen-bond acceptors (Lipinski definition) is 5. The van der Waals surface area contributed by atoms with Crippen molar-refractivity contribution in [2.24, 2.45) is 0 Å². The van der Waals surface area contributed by atoms with Crippen molar-refractivity contribution in [3.05, 3.63) is 27.2 Å². The molecule has 0 unspecified atom stereocenters. The van der Waals surface area contributed by atoms with Crippen molar-refractivity contribution in [2.75, 3.05) is 7.11 Å². The number of esters is 1. The van der Waals surface area contributed by atoms with Crippen LogP contribution in [0.2, 0.25) is 0 Å². The van der Waals surface area contributed by atoms with Gasteiger partial charge in [0.2, 0.25) is 0 Å². The van der Waals surface area contributed by atoms with E-state index in [1.54, 1.807) is 0 Å². The van der Waals surface area contributed by atoms with E-state index >= 15 is 0 Å². The number of carbonyl (C=O) groups excluding carboxylic acids is 1. The van der Waals surface area contributed by atoms with E-state index in [4.69, 9.17) is 4.42 Å². The molecule has 0 aromatic carbocycles. The minimum absolute atomic E-state index is 0.105. The van der Waals surface area contributed by atoms with Gasteiger partial charge in [-0.2, -0.15) is 0 Å². The Bertz CT molecular complexity index is 393. The van der Waals surface area contributed by atoms with Crippen molar-refractivity contribution >= 4 is 11.7 Å². The maximum atomic E-state index is 11.2. The predicted molar refractivity (Wildman–Crippen MR) is 46.2 cm³/mol. The largest absolute Gasteiger partial charge is 0.465 e. The highest BCUT2D eigenvalue weighted by atomic mass is 16.6. The van der Waals surface area contributed by atoms with Crippen molar-refractivity contribution in [3.63, 3.8) is 0 Å². The van der Waals surface area contributed by atoms with E-state index in [2.05, 4.69) is 4.74 Å². The van der Waals surface area contributed by atoms with Gasteiger partial charge < -0.3 is 9.15 Å². The van der Waals surface area contributed by atoms with Crippen molar-refractivity contribution in [2.45, 2.75) is 13.8 Å². The number of nitrogens with zero attached hydrogens (tertiary/aromatic N) is 1. The Kier molecular flexibility index (Phi) is 2.55. The van der Waals surface area contributed by atoms with Crippen LogP contribution >= 0.6 is 0 Å². The average Bonchev–Trinajstić information content (AvgIpc) is 2.39. The van der Waals surface area contributed by atoms with Crippen LogP contribution in [0.15, 0.2) is 4.42 Å². The molecule has 14 heavy (non-hydrogen) atoms. The number of furan rings is 1. The van der Waals surface area contributed by atoms with E-state index in [1.807, 2.05) is 0 Å². The molecule has 1 heterocycles. The highest BCUT2D eigenvalue weighted by Gasteiger charge is 2.30. The van der Waals surface area contributed by atoms with Crippen molar-refractivity contribution in [1.82, 2.24) is 0 Å². The molecule has 0 aliphatic rings. The molecule has 0 aliphatic carbocycles. The van der Waals surface area contributed by atoms with E-state index in [0.717, 1.165) is 7.11 Å². The fourth-order valence-electron chi connectivity index (χ4n) is 1.23. The van der Waals surface area contributed by atoms with Gasteiger partial charge in [-0.05, 0) is 6.92 Å². The number of aryl methyl sites for hydroxylation is 2. The van der Waals surface area contributed by atoms with E-state index < -0.39 is 10.9 Å². The normalized spacial score (nSPS) is 9.93. The van der Waals surface area contributed by atoms with Crippen molar-refractivity contribution in [3.8, 4) is 0 Å². The summed E-state index contributed by atoms with van der Waals surface area (Å²) in [6.45, 7) is 2.91. The third-order valence-corrected chi connectivity index (χ3v) is 1.80. The summed E-state index contributed by atoms with van der Waals surface area (Å²) in [6.07, 6.45) is 0. The van der Waals surface area contributed by atoms with Crippen LogP contribution in [-0.4, -0.2) is 18.0 Å². The Labute approximate surface area is 79.6 Å². The molecule has 0 N–H and O–H groups in total. The van der Waals surface area contributed by atoms with E-state index in [9.17, 15) is 14.9 Å². The molecule has 0 spiro atoms. The molecular weight excluding hydrogens is 190 g/mol. The van der Waals surface area contributed by atoms with Gasteiger partial charge in [0.05, 0.1) is 12.0 Å². The second kappa shape index (κ2) is 3.49. The summed E-state index contributed by atoms with van der Waals surface area (Å²) in [6, 6.07) is 0. The molecular formula is C8H9NO5. The van der Waals surface area contributed by atoms with Gasteiger partial charge in [0.25, 0.3) is 0 Å². The summed E-state index contributed by atoms with van der Waals surface area (Å²) >= 11 is 0. The maximum Gasteiger partial charge on any atom is 0.348 e. The lowest BCUT2D eigenvalue weighted by molar-refractivity contribution is -0.386. The van der Waals surface area contributed by atoms with E-state index in [1.165, 1.54) is 13.8 Å². The van der Waals surface area contributed by atoms with Gasteiger partial charge in [0.15, 0.2) is 11.3 Å². The lowest BCUT2D eigenvalue weighted by Gasteiger charge is -1.95. The lowest BCUT2D eigenvalue weighted by Crippen LogP contribution is -2.05. The minimum atomic E-state index is -0.758. The molecule has 0 saturated heterocycles. The minimum Gasteiger partial charge on any atom is -0.465 e. The van der Waals surface area contributed by atoms with Gasteiger partial charge in [0.1, 0.15) is 5.76 Å². The standard InChI is InChI=1S/C8H9NO5/c1-4-6(8(10)13-3)7(9(11)12)5(2)14-4/h1-3H3. The van der Waals surface area contributed by atoms with Crippen molar-refractivity contribution < 1.29 is 18.9 Å². The van der Waals surface area contributed by atoms with Gasteiger partial charge in [-0.3, -0.25) is 10.1 Å². The Morgan fingerprint density at radius 2 is 2.00 bits per heavy atom. The summed E-state index contributed by atoms with van der Waals surface area (Å²) in [4.78, 5) is 21.1. The zero-order valence-corrected chi connectivity index (χ0v) is 7.99. The zero-order chi connectivity index (χ0) is 10.9. The number of ether oxygens (including phenoxy) is 1. The first kappa shape index (κ1) is 10.2. The van der Waals surface area contributed by atoms with Crippen LogP contribution in [0.3, 0.4) is 0 Å². The van der Waals surface area contributed by atoms with Crippen LogP contribution in [0.25, 0.3) is 0 Å². The molecule has 0 amide bonds. The quantitative estimate of drug-likeness (QED) is 0.410. The average molecular weight is 199 g/mol. The lowest BCUT2D eigenvalue weighted by atomic mass is 10.2. The molecule has 0 fully saturated rings.